The van der Waals surface area contributed by atoms with E-state index in [9.17, 15) is 27.2 Å². The Morgan fingerprint density at radius 1 is 1.03 bits per heavy atom. The lowest BCUT2D eigenvalue weighted by atomic mass is 10.1. The van der Waals surface area contributed by atoms with E-state index in [0.29, 0.717) is 30.6 Å². The molecule has 2 aromatic carbocycles. The average Bonchev–Trinajstić information content (AvgIpc) is 3.21. The average molecular weight is 458 g/mol. The van der Waals surface area contributed by atoms with Crippen LogP contribution in [0.4, 0.5) is 34.8 Å². The largest absolute Gasteiger partial charge is 0.416 e. The number of fused-ring (bicyclic) bond motifs is 1. The van der Waals surface area contributed by atoms with Crippen LogP contribution in [0.15, 0.2) is 54.7 Å². The summed E-state index contributed by atoms with van der Waals surface area (Å²) < 4.78 is 53.0. The van der Waals surface area contributed by atoms with E-state index in [1.807, 2.05) is 29.2 Å². The molecule has 1 aliphatic rings. The molecular formula is C23H18F4N4O2. The van der Waals surface area contributed by atoms with E-state index >= 15 is 0 Å². The fourth-order valence-electron chi connectivity index (χ4n) is 3.67. The number of halogens is 4. The maximum absolute atomic E-state index is 13.8. The molecule has 4 rings (SSSR count). The zero-order chi connectivity index (χ0) is 23.8. The number of para-hydroxylation sites is 1. The molecule has 170 valence electrons. The van der Waals surface area contributed by atoms with Gasteiger partial charge in [-0.1, -0.05) is 18.2 Å². The van der Waals surface area contributed by atoms with Gasteiger partial charge in [0.2, 0.25) is 0 Å². The Balaban J connectivity index is 1.74. The number of anilines is 3. The quantitative estimate of drug-likeness (QED) is 0.563. The maximum atomic E-state index is 13.8. The number of carbonyl (C=O) groups excluding carboxylic acids is 2. The molecule has 3 aromatic rings. The lowest BCUT2D eigenvalue weighted by molar-refractivity contribution is -0.137. The number of benzene rings is 2. The minimum Gasteiger partial charge on any atom is -0.355 e. The number of pyridine rings is 1. The Kier molecular flexibility index (Phi) is 5.75. The van der Waals surface area contributed by atoms with E-state index in [0.717, 1.165) is 17.7 Å². The van der Waals surface area contributed by atoms with Crippen LogP contribution < -0.4 is 15.5 Å². The Morgan fingerprint density at radius 2 is 1.79 bits per heavy atom. The van der Waals surface area contributed by atoms with Crippen molar-refractivity contribution in [3.05, 3.63) is 82.8 Å². The van der Waals surface area contributed by atoms with Gasteiger partial charge in [-0.3, -0.25) is 9.59 Å². The second-order valence-corrected chi connectivity index (χ2v) is 7.39. The van der Waals surface area contributed by atoms with Gasteiger partial charge in [-0.25, -0.2) is 9.37 Å². The van der Waals surface area contributed by atoms with Gasteiger partial charge >= 0.3 is 6.18 Å². The van der Waals surface area contributed by atoms with Crippen LogP contribution in [-0.2, 0) is 12.6 Å². The summed E-state index contributed by atoms with van der Waals surface area (Å²) in [5, 5.41) is 4.95. The van der Waals surface area contributed by atoms with Crippen LogP contribution in [-0.4, -0.2) is 30.4 Å². The third kappa shape index (κ3) is 4.50. The van der Waals surface area contributed by atoms with Gasteiger partial charge in [-0.2, -0.15) is 13.2 Å². The van der Waals surface area contributed by atoms with Crippen molar-refractivity contribution in [1.29, 1.82) is 0 Å². The molecule has 0 aliphatic carbocycles. The van der Waals surface area contributed by atoms with E-state index in [4.69, 9.17) is 0 Å². The highest BCUT2D eigenvalue weighted by Gasteiger charge is 2.32. The number of nitrogens with one attached hydrogen (secondary N) is 2. The van der Waals surface area contributed by atoms with Crippen molar-refractivity contribution in [1.82, 2.24) is 10.3 Å². The highest BCUT2D eigenvalue weighted by atomic mass is 19.4. The molecule has 1 aromatic heterocycles. The molecule has 0 unspecified atom stereocenters. The molecule has 2 amide bonds. The van der Waals surface area contributed by atoms with E-state index in [2.05, 4.69) is 15.6 Å². The van der Waals surface area contributed by atoms with E-state index < -0.39 is 34.9 Å². The molecule has 0 saturated heterocycles. The van der Waals surface area contributed by atoms with Crippen molar-refractivity contribution in [3.8, 4) is 0 Å². The Morgan fingerprint density at radius 3 is 2.52 bits per heavy atom. The first-order valence-corrected chi connectivity index (χ1v) is 9.94. The Bertz CT molecular complexity index is 1240. The number of alkyl halides is 3. The SMILES string of the molecule is CNC(=O)c1cnc(N2CCc3ccccc32)c(NC(=O)c2cc(F)cc(C(F)(F)F)c2)c1. The summed E-state index contributed by atoms with van der Waals surface area (Å²) in [6, 6.07) is 10.6. The first kappa shape index (κ1) is 22.3. The van der Waals surface area contributed by atoms with Crippen LogP contribution in [0.3, 0.4) is 0 Å². The highest BCUT2D eigenvalue weighted by Crippen LogP contribution is 2.37. The number of hydrogen-bond acceptors (Lipinski definition) is 4. The van der Waals surface area contributed by atoms with Crippen LogP contribution >= 0.6 is 0 Å². The molecule has 0 fully saturated rings. The molecule has 1 aliphatic heterocycles. The minimum atomic E-state index is -4.82. The van der Waals surface area contributed by atoms with Crippen LogP contribution in [0.25, 0.3) is 0 Å². The Hall–Kier alpha value is -3.95. The number of rotatable bonds is 4. The fraction of sp³-hybridized carbons (Fsp3) is 0.174. The van der Waals surface area contributed by atoms with Crippen molar-refractivity contribution in [3.63, 3.8) is 0 Å². The summed E-state index contributed by atoms with van der Waals surface area (Å²) in [4.78, 5) is 31.1. The minimum absolute atomic E-state index is 0.107. The smallest absolute Gasteiger partial charge is 0.355 e. The van der Waals surface area contributed by atoms with Crippen molar-refractivity contribution >= 4 is 29.0 Å². The van der Waals surface area contributed by atoms with Crippen molar-refractivity contribution < 1.29 is 27.2 Å². The fourth-order valence-corrected chi connectivity index (χ4v) is 3.67. The van der Waals surface area contributed by atoms with Gasteiger partial charge in [-0.15, -0.1) is 0 Å². The van der Waals surface area contributed by atoms with E-state index in [1.165, 1.54) is 19.3 Å². The topological polar surface area (TPSA) is 74.3 Å². The zero-order valence-electron chi connectivity index (χ0n) is 17.3. The summed E-state index contributed by atoms with van der Waals surface area (Å²) in [6.07, 6.45) is -2.75. The number of carbonyl (C=O) groups is 2. The summed E-state index contributed by atoms with van der Waals surface area (Å²) >= 11 is 0. The summed E-state index contributed by atoms with van der Waals surface area (Å²) in [5.74, 6) is -2.31. The predicted molar refractivity (Wildman–Crippen MR) is 114 cm³/mol. The maximum Gasteiger partial charge on any atom is 0.416 e. The van der Waals surface area contributed by atoms with Gasteiger partial charge in [0.15, 0.2) is 5.82 Å². The molecule has 0 spiro atoms. The molecule has 0 saturated carbocycles. The van der Waals surface area contributed by atoms with Crippen LogP contribution in [0.2, 0.25) is 0 Å². The summed E-state index contributed by atoms with van der Waals surface area (Å²) in [5.41, 5.74) is 0.374. The van der Waals surface area contributed by atoms with Gasteiger partial charge in [0.25, 0.3) is 11.8 Å². The molecule has 0 atom stereocenters. The van der Waals surface area contributed by atoms with Crippen LogP contribution in [0.1, 0.15) is 31.8 Å². The van der Waals surface area contributed by atoms with Crippen molar-refractivity contribution in [2.24, 2.45) is 0 Å². The standard InChI is InChI=1S/C23H18F4N4O2/c1-28-21(32)15-10-18(20(29-12-15)31-7-6-13-4-2-3-5-19(13)31)30-22(33)14-8-16(23(25,26)27)11-17(24)9-14/h2-5,8-12H,6-7H2,1H3,(H,28,32)(H,30,33). The third-order valence-electron chi connectivity index (χ3n) is 5.23. The molecule has 10 heteroatoms. The monoisotopic (exact) mass is 458 g/mol. The second-order valence-electron chi connectivity index (χ2n) is 7.39. The van der Waals surface area contributed by atoms with Gasteiger partial charge in [0.05, 0.1) is 16.8 Å². The van der Waals surface area contributed by atoms with Gasteiger partial charge in [0.1, 0.15) is 5.82 Å². The first-order valence-electron chi connectivity index (χ1n) is 9.94. The second kappa shape index (κ2) is 8.53. The summed E-state index contributed by atoms with van der Waals surface area (Å²) in [7, 11) is 1.43. The lowest BCUT2D eigenvalue weighted by Gasteiger charge is -2.22. The van der Waals surface area contributed by atoms with Crippen LogP contribution in [0, 0.1) is 5.82 Å². The Labute approximate surface area is 186 Å². The number of nitrogens with zero attached hydrogens (tertiary/aromatic N) is 2. The molecule has 0 radical (unpaired) electrons. The van der Waals surface area contributed by atoms with Crippen molar-refractivity contribution in [2.45, 2.75) is 12.6 Å². The zero-order valence-corrected chi connectivity index (χ0v) is 17.3. The highest BCUT2D eigenvalue weighted by molar-refractivity contribution is 6.07. The molecule has 0 bridgehead atoms. The predicted octanol–water partition coefficient (Wildman–Crippen LogP) is 4.55. The summed E-state index contributed by atoms with van der Waals surface area (Å²) in [6.45, 7) is 0.548. The van der Waals surface area contributed by atoms with Gasteiger partial charge in [0, 0.05) is 31.0 Å². The number of aromatic nitrogens is 1. The molecule has 33 heavy (non-hydrogen) atoms. The van der Waals surface area contributed by atoms with Crippen LogP contribution in [0.5, 0.6) is 0 Å². The van der Waals surface area contributed by atoms with Crippen molar-refractivity contribution in [2.75, 3.05) is 23.8 Å². The number of hydrogen-bond donors (Lipinski definition) is 2. The first-order chi connectivity index (χ1) is 15.7. The van der Waals surface area contributed by atoms with E-state index in [1.54, 1.807) is 0 Å². The molecule has 2 heterocycles. The molecule has 6 nitrogen and oxygen atoms in total. The van der Waals surface area contributed by atoms with E-state index in [-0.39, 0.29) is 11.3 Å². The number of amides is 2. The normalized spacial score (nSPS) is 12.9. The molecular weight excluding hydrogens is 440 g/mol. The third-order valence-corrected chi connectivity index (χ3v) is 5.23. The lowest BCUT2D eigenvalue weighted by Crippen LogP contribution is -2.23. The van der Waals surface area contributed by atoms with Gasteiger partial charge < -0.3 is 15.5 Å². The molecule has 2 N–H and O–H groups in total. The van der Waals surface area contributed by atoms with Gasteiger partial charge in [-0.05, 0) is 42.3 Å².